The van der Waals surface area contributed by atoms with Crippen molar-refractivity contribution in [3.05, 3.63) is 70.8 Å². The van der Waals surface area contributed by atoms with Crippen LogP contribution in [0, 0.1) is 18.3 Å². The van der Waals surface area contributed by atoms with Gasteiger partial charge in [0.2, 0.25) is 0 Å². The molecule has 170 valence electrons. The van der Waals surface area contributed by atoms with Gasteiger partial charge in [0.05, 0.1) is 17.2 Å². The lowest BCUT2D eigenvalue weighted by molar-refractivity contribution is 0.0925. The molecule has 9 heteroatoms. The van der Waals surface area contributed by atoms with Gasteiger partial charge in [-0.25, -0.2) is 14.5 Å². The first kappa shape index (κ1) is 22.0. The number of nitriles is 1. The van der Waals surface area contributed by atoms with Gasteiger partial charge in [-0.05, 0) is 62.2 Å². The molecule has 1 aliphatic heterocycles. The van der Waals surface area contributed by atoms with Gasteiger partial charge in [-0.3, -0.25) is 4.79 Å². The molecule has 1 fully saturated rings. The van der Waals surface area contributed by atoms with Crippen LogP contribution >= 0.6 is 11.6 Å². The molecular formula is C25H22ClN7O. The van der Waals surface area contributed by atoms with Gasteiger partial charge in [-0.2, -0.15) is 10.4 Å². The number of amides is 1. The van der Waals surface area contributed by atoms with E-state index in [-0.39, 0.29) is 11.9 Å². The van der Waals surface area contributed by atoms with Crippen molar-refractivity contribution < 1.29 is 4.79 Å². The number of carbonyl (C=O) groups excluding carboxylic acids is 1. The Bertz CT molecular complexity index is 1410. The van der Waals surface area contributed by atoms with Gasteiger partial charge in [0, 0.05) is 30.0 Å². The molecule has 34 heavy (non-hydrogen) atoms. The standard InChI is InChI=1S/C25H22ClN7O/c1-15-10-18(12-21(26)29-15)22-23(17-5-2-4-16(11-17)13-27)32-33-9-7-20(31-24(22)33)25(34)30-19-6-3-8-28-14-19/h2,4-5,7,9-12,19,28H,3,6,8,14H2,1H3,(H,30,34)/t19-/m0/s1. The normalized spacial score (nSPS) is 15.7. The number of hydrogen-bond donors (Lipinski definition) is 2. The zero-order valence-electron chi connectivity index (χ0n) is 18.5. The van der Waals surface area contributed by atoms with Gasteiger partial charge in [0.1, 0.15) is 16.5 Å². The molecule has 3 aromatic heterocycles. The highest BCUT2D eigenvalue weighted by atomic mass is 35.5. The van der Waals surface area contributed by atoms with Crippen LogP contribution in [-0.4, -0.2) is 44.6 Å². The maximum Gasteiger partial charge on any atom is 0.270 e. The van der Waals surface area contributed by atoms with Crippen molar-refractivity contribution in [2.45, 2.75) is 25.8 Å². The van der Waals surface area contributed by atoms with E-state index in [9.17, 15) is 10.1 Å². The van der Waals surface area contributed by atoms with E-state index < -0.39 is 0 Å². The molecule has 5 rings (SSSR count). The first-order valence-electron chi connectivity index (χ1n) is 11.1. The van der Waals surface area contributed by atoms with Crippen LogP contribution in [-0.2, 0) is 0 Å². The molecule has 0 spiro atoms. The number of benzene rings is 1. The number of nitrogens with one attached hydrogen (secondary N) is 2. The average Bonchev–Trinajstić information content (AvgIpc) is 3.23. The predicted molar refractivity (Wildman–Crippen MR) is 129 cm³/mol. The minimum atomic E-state index is -0.222. The smallest absolute Gasteiger partial charge is 0.270 e. The number of hydrogen-bond acceptors (Lipinski definition) is 6. The van der Waals surface area contributed by atoms with Crippen molar-refractivity contribution in [3.63, 3.8) is 0 Å². The van der Waals surface area contributed by atoms with Crippen molar-refractivity contribution in [3.8, 4) is 28.5 Å². The van der Waals surface area contributed by atoms with E-state index in [0.717, 1.165) is 48.3 Å². The molecule has 2 N–H and O–H groups in total. The predicted octanol–water partition coefficient (Wildman–Crippen LogP) is 3.77. The fourth-order valence-corrected chi connectivity index (χ4v) is 4.52. The number of fused-ring (bicyclic) bond motifs is 1. The SMILES string of the molecule is Cc1cc(-c2c(-c3cccc(C#N)c3)nn3ccc(C(=O)N[C@H]4CCCNC4)nc23)cc(Cl)n1. The van der Waals surface area contributed by atoms with Crippen molar-refractivity contribution in [2.75, 3.05) is 13.1 Å². The van der Waals surface area contributed by atoms with Gasteiger partial charge in [0.15, 0.2) is 5.65 Å². The number of aryl methyl sites for hydroxylation is 1. The minimum Gasteiger partial charge on any atom is -0.347 e. The maximum atomic E-state index is 13.0. The van der Waals surface area contributed by atoms with Crippen LogP contribution in [0.15, 0.2) is 48.7 Å². The molecule has 4 heterocycles. The quantitative estimate of drug-likeness (QED) is 0.438. The Kier molecular flexibility index (Phi) is 5.97. The monoisotopic (exact) mass is 471 g/mol. The highest BCUT2D eigenvalue weighted by Crippen LogP contribution is 2.36. The van der Waals surface area contributed by atoms with E-state index in [0.29, 0.717) is 27.8 Å². The molecule has 8 nitrogen and oxygen atoms in total. The molecule has 1 atom stereocenters. The molecule has 0 unspecified atom stereocenters. The second-order valence-corrected chi connectivity index (χ2v) is 8.72. The van der Waals surface area contributed by atoms with Crippen LogP contribution in [0.2, 0.25) is 5.15 Å². The number of halogens is 1. The second-order valence-electron chi connectivity index (χ2n) is 8.33. The maximum absolute atomic E-state index is 13.0. The Hall–Kier alpha value is -3.80. The van der Waals surface area contributed by atoms with E-state index in [1.54, 1.807) is 35.0 Å². The molecule has 1 aromatic carbocycles. The number of nitrogens with zero attached hydrogens (tertiary/aromatic N) is 5. The first-order valence-corrected chi connectivity index (χ1v) is 11.5. The lowest BCUT2D eigenvalue weighted by Gasteiger charge is -2.23. The zero-order chi connectivity index (χ0) is 23.7. The third-order valence-corrected chi connectivity index (χ3v) is 6.02. The Morgan fingerprint density at radius 3 is 2.88 bits per heavy atom. The van der Waals surface area contributed by atoms with E-state index in [4.69, 9.17) is 21.7 Å². The van der Waals surface area contributed by atoms with Gasteiger partial charge in [-0.15, -0.1) is 0 Å². The molecular weight excluding hydrogens is 450 g/mol. The van der Waals surface area contributed by atoms with E-state index in [1.165, 1.54) is 0 Å². The second kappa shape index (κ2) is 9.21. The molecule has 1 aliphatic rings. The zero-order valence-corrected chi connectivity index (χ0v) is 19.3. The molecule has 4 aromatic rings. The highest BCUT2D eigenvalue weighted by Gasteiger charge is 2.22. The third-order valence-electron chi connectivity index (χ3n) is 5.83. The van der Waals surface area contributed by atoms with E-state index in [2.05, 4.69) is 21.7 Å². The van der Waals surface area contributed by atoms with Crippen molar-refractivity contribution in [1.29, 1.82) is 5.26 Å². The lowest BCUT2D eigenvalue weighted by Crippen LogP contribution is -2.45. The summed E-state index contributed by atoms with van der Waals surface area (Å²) in [7, 11) is 0. The Labute approximate surface area is 201 Å². The summed E-state index contributed by atoms with van der Waals surface area (Å²) in [6, 6.07) is 14.8. The van der Waals surface area contributed by atoms with Gasteiger partial charge in [0.25, 0.3) is 5.91 Å². The molecule has 1 saturated heterocycles. The summed E-state index contributed by atoms with van der Waals surface area (Å²) in [5.74, 6) is -0.222. The van der Waals surface area contributed by atoms with Gasteiger partial charge in [-0.1, -0.05) is 23.7 Å². The van der Waals surface area contributed by atoms with Crippen LogP contribution in [0.25, 0.3) is 28.0 Å². The number of pyridine rings is 1. The fourth-order valence-electron chi connectivity index (χ4n) is 4.27. The summed E-state index contributed by atoms with van der Waals surface area (Å²) in [5, 5.41) is 20.9. The summed E-state index contributed by atoms with van der Waals surface area (Å²) < 4.78 is 1.65. The van der Waals surface area contributed by atoms with E-state index in [1.807, 2.05) is 25.1 Å². The van der Waals surface area contributed by atoms with E-state index >= 15 is 0 Å². The largest absolute Gasteiger partial charge is 0.347 e. The Balaban J connectivity index is 1.66. The van der Waals surface area contributed by atoms with Crippen LogP contribution in [0.3, 0.4) is 0 Å². The summed E-state index contributed by atoms with van der Waals surface area (Å²) >= 11 is 6.28. The van der Waals surface area contributed by atoms with Crippen molar-refractivity contribution in [1.82, 2.24) is 30.2 Å². The fraction of sp³-hybridized carbons (Fsp3) is 0.240. The summed E-state index contributed by atoms with van der Waals surface area (Å²) in [4.78, 5) is 21.9. The number of piperidine rings is 1. The Morgan fingerprint density at radius 2 is 2.12 bits per heavy atom. The van der Waals surface area contributed by atoms with Crippen LogP contribution in [0.1, 0.15) is 34.6 Å². The molecule has 0 bridgehead atoms. The first-order chi connectivity index (χ1) is 16.5. The highest BCUT2D eigenvalue weighted by molar-refractivity contribution is 6.29. The average molecular weight is 472 g/mol. The molecule has 1 amide bonds. The van der Waals surface area contributed by atoms with Gasteiger partial charge >= 0.3 is 0 Å². The summed E-state index contributed by atoms with van der Waals surface area (Å²) in [5.41, 5.74) is 5.02. The Morgan fingerprint density at radius 1 is 1.24 bits per heavy atom. The number of carbonyl (C=O) groups is 1. The van der Waals surface area contributed by atoms with Crippen molar-refractivity contribution in [2.24, 2.45) is 0 Å². The minimum absolute atomic E-state index is 0.0783. The summed E-state index contributed by atoms with van der Waals surface area (Å²) in [6.45, 7) is 3.58. The topological polar surface area (TPSA) is 108 Å². The number of aromatic nitrogens is 4. The number of rotatable bonds is 4. The molecule has 0 aliphatic carbocycles. The van der Waals surface area contributed by atoms with Crippen LogP contribution in [0.5, 0.6) is 0 Å². The molecule has 0 saturated carbocycles. The summed E-state index contributed by atoms with van der Waals surface area (Å²) in [6.07, 6.45) is 3.69. The van der Waals surface area contributed by atoms with Crippen LogP contribution in [0.4, 0.5) is 0 Å². The molecule has 0 radical (unpaired) electrons. The third kappa shape index (κ3) is 4.36. The van der Waals surface area contributed by atoms with Crippen LogP contribution < -0.4 is 10.6 Å². The van der Waals surface area contributed by atoms with Gasteiger partial charge < -0.3 is 10.6 Å². The lowest BCUT2D eigenvalue weighted by atomic mass is 10.00. The van der Waals surface area contributed by atoms with Crippen molar-refractivity contribution >= 4 is 23.2 Å².